The zero-order valence-corrected chi connectivity index (χ0v) is 12.3. The maximum absolute atomic E-state index is 11.7. The summed E-state index contributed by atoms with van der Waals surface area (Å²) in [5.41, 5.74) is 1.03. The molecule has 0 aromatic heterocycles. The van der Waals surface area contributed by atoms with Gasteiger partial charge in [0, 0.05) is 6.08 Å². The Labute approximate surface area is 125 Å². The average molecular weight is 287 g/mol. The van der Waals surface area contributed by atoms with E-state index >= 15 is 0 Å². The number of hydrogen-bond acceptors (Lipinski definition) is 2. The molecule has 0 heterocycles. The van der Waals surface area contributed by atoms with Crippen LogP contribution in [0.25, 0.3) is 6.08 Å². The number of carboxylic acids is 1. The molecule has 1 aromatic rings. The van der Waals surface area contributed by atoms with E-state index in [0.29, 0.717) is 6.42 Å². The van der Waals surface area contributed by atoms with Gasteiger partial charge < -0.3 is 10.4 Å². The van der Waals surface area contributed by atoms with Crippen molar-refractivity contribution in [3.8, 4) is 0 Å². The van der Waals surface area contributed by atoms with Crippen molar-refractivity contribution in [1.29, 1.82) is 0 Å². The first-order valence-electron chi connectivity index (χ1n) is 6.97. The summed E-state index contributed by atoms with van der Waals surface area (Å²) in [7, 11) is 0. The lowest BCUT2D eigenvalue weighted by atomic mass is 9.99. The van der Waals surface area contributed by atoms with Crippen LogP contribution in [-0.2, 0) is 9.59 Å². The zero-order valence-electron chi connectivity index (χ0n) is 12.3. The van der Waals surface area contributed by atoms with Crippen LogP contribution in [0, 0.1) is 5.92 Å². The molecule has 0 aliphatic heterocycles. The maximum Gasteiger partial charge on any atom is 0.326 e. The number of nitrogens with one attached hydrogen (secondary N) is 1. The SMILES string of the molecule is CCC(C)C(NC(=O)/C=C/C=C/c1ccccc1)C(=O)O. The highest BCUT2D eigenvalue weighted by atomic mass is 16.4. The summed E-state index contributed by atoms with van der Waals surface area (Å²) in [6, 6.07) is 8.84. The number of rotatable bonds is 7. The first-order chi connectivity index (χ1) is 10.0. The summed E-state index contributed by atoms with van der Waals surface area (Å²) >= 11 is 0. The van der Waals surface area contributed by atoms with Crippen molar-refractivity contribution >= 4 is 18.0 Å². The van der Waals surface area contributed by atoms with Crippen LogP contribution in [0.15, 0.2) is 48.6 Å². The number of carbonyl (C=O) groups excluding carboxylic acids is 1. The molecule has 0 aliphatic carbocycles. The molecule has 0 spiro atoms. The normalized spacial score (nSPS) is 14.2. The van der Waals surface area contributed by atoms with Gasteiger partial charge in [0.1, 0.15) is 6.04 Å². The van der Waals surface area contributed by atoms with E-state index < -0.39 is 17.9 Å². The van der Waals surface area contributed by atoms with Crippen LogP contribution in [0.5, 0.6) is 0 Å². The van der Waals surface area contributed by atoms with Gasteiger partial charge in [-0.1, -0.05) is 68.8 Å². The second kappa shape index (κ2) is 8.74. The number of carboxylic acid groups (broad SMARTS) is 1. The van der Waals surface area contributed by atoms with Crippen molar-refractivity contribution in [2.45, 2.75) is 26.3 Å². The van der Waals surface area contributed by atoms with Crippen LogP contribution < -0.4 is 5.32 Å². The smallest absolute Gasteiger partial charge is 0.326 e. The fourth-order valence-corrected chi connectivity index (χ4v) is 1.76. The van der Waals surface area contributed by atoms with Gasteiger partial charge in [0.25, 0.3) is 0 Å². The van der Waals surface area contributed by atoms with Gasteiger partial charge in [0.15, 0.2) is 0 Å². The molecule has 0 fully saturated rings. The highest BCUT2D eigenvalue weighted by Gasteiger charge is 2.24. The van der Waals surface area contributed by atoms with Gasteiger partial charge in [0.2, 0.25) is 5.91 Å². The molecule has 0 radical (unpaired) electrons. The molecule has 0 saturated heterocycles. The minimum atomic E-state index is -1.01. The average Bonchev–Trinajstić information content (AvgIpc) is 2.49. The third-order valence-corrected chi connectivity index (χ3v) is 3.22. The Kier molecular flexibility index (Phi) is 6.95. The number of hydrogen-bond donors (Lipinski definition) is 2. The second-order valence-corrected chi connectivity index (χ2v) is 4.84. The maximum atomic E-state index is 11.7. The molecule has 1 aromatic carbocycles. The number of aliphatic carboxylic acids is 1. The number of allylic oxidation sites excluding steroid dienone is 2. The highest BCUT2D eigenvalue weighted by molar-refractivity contribution is 5.91. The summed E-state index contributed by atoms with van der Waals surface area (Å²) in [5, 5.41) is 11.6. The predicted molar refractivity (Wildman–Crippen MR) is 83.6 cm³/mol. The molecule has 4 heteroatoms. The van der Waals surface area contributed by atoms with E-state index in [9.17, 15) is 9.59 Å². The van der Waals surface area contributed by atoms with Crippen LogP contribution in [0.1, 0.15) is 25.8 Å². The minimum absolute atomic E-state index is 0.111. The summed E-state index contributed by atoms with van der Waals surface area (Å²) < 4.78 is 0. The molecule has 21 heavy (non-hydrogen) atoms. The van der Waals surface area contributed by atoms with Gasteiger partial charge in [-0.05, 0) is 11.5 Å². The Morgan fingerprint density at radius 2 is 1.90 bits per heavy atom. The molecule has 1 amide bonds. The Hall–Kier alpha value is -2.36. The van der Waals surface area contributed by atoms with E-state index in [4.69, 9.17) is 5.11 Å². The van der Waals surface area contributed by atoms with Crippen molar-refractivity contribution in [3.63, 3.8) is 0 Å². The molecule has 4 nitrogen and oxygen atoms in total. The lowest BCUT2D eigenvalue weighted by molar-refractivity contribution is -0.142. The van der Waals surface area contributed by atoms with Crippen LogP contribution in [-0.4, -0.2) is 23.0 Å². The van der Waals surface area contributed by atoms with E-state index in [1.54, 1.807) is 19.1 Å². The van der Waals surface area contributed by atoms with Crippen molar-refractivity contribution in [2.24, 2.45) is 5.92 Å². The van der Waals surface area contributed by atoms with Gasteiger partial charge in [0.05, 0.1) is 0 Å². The molecule has 112 valence electrons. The lowest BCUT2D eigenvalue weighted by Crippen LogP contribution is -2.44. The molecule has 1 rings (SSSR count). The summed E-state index contributed by atoms with van der Waals surface area (Å²) in [6.45, 7) is 3.70. The van der Waals surface area contributed by atoms with E-state index in [1.807, 2.05) is 43.3 Å². The Morgan fingerprint density at radius 3 is 2.48 bits per heavy atom. The first kappa shape index (κ1) is 16.7. The third kappa shape index (κ3) is 6.08. The largest absolute Gasteiger partial charge is 0.480 e. The molecule has 0 saturated carbocycles. The standard InChI is InChI=1S/C17H21NO3/c1-3-13(2)16(17(20)21)18-15(19)12-8-7-11-14-9-5-4-6-10-14/h4-13,16H,3H2,1-2H3,(H,18,19)(H,20,21)/b11-7+,12-8+. The predicted octanol–water partition coefficient (Wildman–Crippen LogP) is 2.87. The second-order valence-electron chi connectivity index (χ2n) is 4.84. The molecular formula is C17H21NO3. The number of amides is 1. The van der Waals surface area contributed by atoms with Crippen LogP contribution >= 0.6 is 0 Å². The fraction of sp³-hybridized carbons (Fsp3) is 0.294. The fourth-order valence-electron chi connectivity index (χ4n) is 1.76. The quantitative estimate of drug-likeness (QED) is 0.598. The zero-order chi connectivity index (χ0) is 15.7. The summed E-state index contributed by atoms with van der Waals surface area (Å²) in [4.78, 5) is 22.8. The van der Waals surface area contributed by atoms with Gasteiger partial charge in [-0.15, -0.1) is 0 Å². The highest BCUT2D eigenvalue weighted by Crippen LogP contribution is 2.07. The van der Waals surface area contributed by atoms with Crippen molar-refractivity contribution in [2.75, 3.05) is 0 Å². The Morgan fingerprint density at radius 1 is 1.24 bits per heavy atom. The third-order valence-electron chi connectivity index (χ3n) is 3.22. The van der Waals surface area contributed by atoms with Crippen molar-refractivity contribution < 1.29 is 14.7 Å². The van der Waals surface area contributed by atoms with Gasteiger partial charge in [-0.25, -0.2) is 4.79 Å². The van der Waals surface area contributed by atoms with Crippen molar-refractivity contribution in [1.82, 2.24) is 5.32 Å². The van der Waals surface area contributed by atoms with Crippen molar-refractivity contribution in [3.05, 3.63) is 54.1 Å². The molecule has 2 unspecified atom stereocenters. The number of benzene rings is 1. The van der Waals surface area contributed by atoms with Crippen LogP contribution in [0.3, 0.4) is 0 Å². The van der Waals surface area contributed by atoms with E-state index in [-0.39, 0.29) is 5.92 Å². The monoisotopic (exact) mass is 287 g/mol. The van der Waals surface area contributed by atoms with Gasteiger partial charge in [-0.2, -0.15) is 0 Å². The summed E-state index contributed by atoms with van der Waals surface area (Å²) in [6.07, 6.45) is 7.23. The van der Waals surface area contributed by atoms with Gasteiger partial charge in [-0.3, -0.25) is 4.79 Å². The topological polar surface area (TPSA) is 66.4 Å². The number of carbonyl (C=O) groups is 2. The molecule has 0 bridgehead atoms. The van der Waals surface area contributed by atoms with Gasteiger partial charge >= 0.3 is 5.97 Å². The summed E-state index contributed by atoms with van der Waals surface area (Å²) in [5.74, 6) is -1.52. The van der Waals surface area contributed by atoms with E-state index in [1.165, 1.54) is 6.08 Å². The van der Waals surface area contributed by atoms with Crippen LogP contribution in [0.4, 0.5) is 0 Å². The van der Waals surface area contributed by atoms with Crippen LogP contribution in [0.2, 0.25) is 0 Å². The van der Waals surface area contributed by atoms with E-state index in [2.05, 4.69) is 5.32 Å². The van der Waals surface area contributed by atoms with E-state index in [0.717, 1.165) is 5.56 Å². The lowest BCUT2D eigenvalue weighted by Gasteiger charge is -2.19. The Balaban J connectivity index is 2.54. The molecular weight excluding hydrogens is 266 g/mol. The molecule has 2 N–H and O–H groups in total. The molecule has 0 aliphatic rings. The minimum Gasteiger partial charge on any atom is -0.480 e. The first-order valence-corrected chi connectivity index (χ1v) is 6.97. The Bertz CT molecular complexity index is 520. The molecule has 2 atom stereocenters.